The zero-order chi connectivity index (χ0) is 15.9. The lowest BCUT2D eigenvalue weighted by Crippen LogP contribution is -2.32. The van der Waals surface area contributed by atoms with Gasteiger partial charge in [-0.1, -0.05) is 15.9 Å². The Bertz CT molecular complexity index is 697. The molecule has 0 bridgehead atoms. The molecule has 0 aliphatic heterocycles. The summed E-state index contributed by atoms with van der Waals surface area (Å²) in [6.07, 6.45) is 1.37. The van der Waals surface area contributed by atoms with Gasteiger partial charge in [0.15, 0.2) is 0 Å². The van der Waals surface area contributed by atoms with E-state index >= 15 is 0 Å². The number of carbonyl (C=O) groups excluding carboxylic acids is 2. The zero-order valence-electron chi connectivity index (χ0n) is 11.3. The van der Waals surface area contributed by atoms with Crippen molar-refractivity contribution in [1.82, 2.24) is 5.43 Å². The Balaban J connectivity index is 1.87. The van der Waals surface area contributed by atoms with E-state index in [2.05, 4.69) is 31.8 Å². The maximum atomic E-state index is 11.6. The van der Waals surface area contributed by atoms with E-state index in [-0.39, 0.29) is 5.75 Å². The molecule has 2 amide bonds. The number of halogens is 1. The van der Waals surface area contributed by atoms with Gasteiger partial charge >= 0.3 is 11.8 Å². The van der Waals surface area contributed by atoms with Gasteiger partial charge in [0.25, 0.3) is 0 Å². The SMILES string of the molecule is O=C(N/N=C\c1ccc(O)cc1)C(=O)Nc1ccc(Br)cc1. The number of anilines is 1. The third kappa shape index (κ3) is 4.71. The number of nitrogens with zero attached hydrogens (tertiary/aromatic N) is 1. The maximum absolute atomic E-state index is 11.6. The van der Waals surface area contributed by atoms with E-state index in [0.717, 1.165) is 4.47 Å². The molecule has 2 rings (SSSR count). The molecular formula is C15H12BrN3O3. The Kier molecular flexibility index (Phi) is 5.26. The second kappa shape index (κ2) is 7.37. The van der Waals surface area contributed by atoms with Crippen LogP contribution in [-0.4, -0.2) is 23.1 Å². The molecule has 0 fully saturated rings. The first-order chi connectivity index (χ1) is 10.5. The largest absolute Gasteiger partial charge is 0.508 e. The number of hydrogen-bond acceptors (Lipinski definition) is 4. The summed E-state index contributed by atoms with van der Waals surface area (Å²) in [6, 6.07) is 13.0. The van der Waals surface area contributed by atoms with Gasteiger partial charge in [-0.2, -0.15) is 5.10 Å². The number of hydrazone groups is 1. The molecule has 2 aromatic carbocycles. The van der Waals surface area contributed by atoms with E-state index in [9.17, 15) is 9.59 Å². The fourth-order valence-corrected chi connectivity index (χ4v) is 1.76. The van der Waals surface area contributed by atoms with Crippen molar-refractivity contribution in [3.05, 3.63) is 58.6 Å². The van der Waals surface area contributed by atoms with E-state index in [4.69, 9.17) is 5.11 Å². The molecule has 0 atom stereocenters. The molecule has 0 radical (unpaired) electrons. The van der Waals surface area contributed by atoms with Gasteiger partial charge in [-0.15, -0.1) is 0 Å². The summed E-state index contributed by atoms with van der Waals surface area (Å²) in [4.78, 5) is 23.2. The van der Waals surface area contributed by atoms with Gasteiger partial charge in [0.2, 0.25) is 0 Å². The van der Waals surface area contributed by atoms with Gasteiger partial charge in [-0.05, 0) is 54.1 Å². The summed E-state index contributed by atoms with van der Waals surface area (Å²) >= 11 is 3.27. The van der Waals surface area contributed by atoms with E-state index < -0.39 is 11.8 Å². The van der Waals surface area contributed by atoms with E-state index in [1.807, 2.05) is 0 Å². The summed E-state index contributed by atoms with van der Waals surface area (Å²) in [6.45, 7) is 0. The van der Waals surface area contributed by atoms with Crippen molar-refractivity contribution in [1.29, 1.82) is 0 Å². The van der Waals surface area contributed by atoms with Crippen LogP contribution in [0.1, 0.15) is 5.56 Å². The minimum absolute atomic E-state index is 0.134. The van der Waals surface area contributed by atoms with Crippen molar-refractivity contribution >= 4 is 39.6 Å². The van der Waals surface area contributed by atoms with Crippen molar-refractivity contribution in [3.63, 3.8) is 0 Å². The Hall–Kier alpha value is -2.67. The molecule has 0 aromatic heterocycles. The molecule has 2 aromatic rings. The van der Waals surface area contributed by atoms with E-state index in [1.54, 1.807) is 36.4 Å². The highest BCUT2D eigenvalue weighted by Crippen LogP contribution is 2.13. The number of rotatable bonds is 3. The molecule has 0 aliphatic carbocycles. The number of benzene rings is 2. The highest BCUT2D eigenvalue weighted by Gasteiger charge is 2.12. The Morgan fingerprint density at radius 2 is 1.64 bits per heavy atom. The quantitative estimate of drug-likeness (QED) is 0.444. The summed E-state index contributed by atoms with van der Waals surface area (Å²) in [7, 11) is 0. The van der Waals surface area contributed by atoms with Gasteiger partial charge in [-0.3, -0.25) is 9.59 Å². The number of hydrogen-bond donors (Lipinski definition) is 3. The van der Waals surface area contributed by atoms with E-state index in [1.165, 1.54) is 18.3 Å². The molecular weight excluding hydrogens is 350 g/mol. The predicted molar refractivity (Wildman–Crippen MR) is 86.6 cm³/mol. The molecule has 0 aliphatic rings. The molecule has 0 saturated heterocycles. The van der Waals surface area contributed by atoms with Gasteiger partial charge in [0.1, 0.15) is 5.75 Å². The van der Waals surface area contributed by atoms with Crippen molar-refractivity contribution < 1.29 is 14.7 Å². The second-order valence-corrected chi connectivity index (χ2v) is 5.17. The van der Waals surface area contributed by atoms with Crippen LogP contribution < -0.4 is 10.7 Å². The van der Waals surface area contributed by atoms with Gasteiger partial charge in [-0.25, -0.2) is 5.43 Å². The Morgan fingerprint density at radius 1 is 1.00 bits per heavy atom. The normalized spacial score (nSPS) is 10.4. The predicted octanol–water partition coefficient (Wildman–Crippen LogP) is 2.24. The molecule has 0 heterocycles. The molecule has 0 spiro atoms. The fourth-order valence-electron chi connectivity index (χ4n) is 1.50. The van der Waals surface area contributed by atoms with Crippen LogP contribution in [-0.2, 0) is 9.59 Å². The average Bonchev–Trinajstić information content (AvgIpc) is 2.51. The zero-order valence-corrected chi connectivity index (χ0v) is 12.9. The molecule has 3 N–H and O–H groups in total. The van der Waals surface area contributed by atoms with Crippen molar-refractivity contribution in [3.8, 4) is 5.75 Å². The number of nitrogens with one attached hydrogen (secondary N) is 2. The van der Waals surface area contributed by atoms with Crippen LogP contribution in [0.25, 0.3) is 0 Å². The first kappa shape index (κ1) is 15.7. The van der Waals surface area contributed by atoms with Crippen LogP contribution >= 0.6 is 15.9 Å². The summed E-state index contributed by atoms with van der Waals surface area (Å²) in [5.41, 5.74) is 3.30. The summed E-state index contributed by atoms with van der Waals surface area (Å²) in [5, 5.41) is 15.3. The first-order valence-electron chi connectivity index (χ1n) is 6.23. The van der Waals surface area contributed by atoms with Crippen molar-refractivity contribution in [2.75, 3.05) is 5.32 Å². The minimum Gasteiger partial charge on any atom is -0.508 e. The lowest BCUT2D eigenvalue weighted by atomic mass is 10.2. The topological polar surface area (TPSA) is 90.8 Å². The third-order valence-electron chi connectivity index (χ3n) is 2.58. The molecule has 0 unspecified atom stereocenters. The summed E-state index contributed by atoms with van der Waals surface area (Å²) < 4.78 is 0.869. The van der Waals surface area contributed by atoms with Crippen molar-refractivity contribution in [2.45, 2.75) is 0 Å². The Morgan fingerprint density at radius 3 is 2.27 bits per heavy atom. The lowest BCUT2D eigenvalue weighted by Gasteiger charge is -2.03. The number of phenols is 1. The molecule has 112 valence electrons. The highest BCUT2D eigenvalue weighted by atomic mass is 79.9. The molecule has 22 heavy (non-hydrogen) atoms. The monoisotopic (exact) mass is 361 g/mol. The van der Waals surface area contributed by atoms with Crippen LogP contribution in [0.15, 0.2) is 58.1 Å². The average molecular weight is 362 g/mol. The molecule has 6 nitrogen and oxygen atoms in total. The summed E-state index contributed by atoms with van der Waals surface area (Å²) in [5.74, 6) is -1.56. The number of carbonyl (C=O) groups is 2. The number of amides is 2. The standard InChI is InChI=1S/C15H12BrN3O3/c16-11-3-5-12(6-4-11)18-14(21)15(22)19-17-9-10-1-7-13(20)8-2-10/h1-9,20H,(H,18,21)(H,19,22)/b17-9-. The highest BCUT2D eigenvalue weighted by molar-refractivity contribution is 9.10. The van der Waals surface area contributed by atoms with Crippen LogP contribution in [0.4, 0.5) is 5.69 Å². The third-order valence-corrected chi connectivity index (χ3v) is 3.11. The first-order valence-corrected chi connectivity index (χ1v) is 7.03. The Labute approximate surface area is 135 Å². The lowest BCUT2D eigenvalue weighted by molar-refractivity contribution is -0.136. The number of phenolic OH excluding ortho intramolecular Hbond substituents is 1. The molecule has 0 saturated carbocycles. The van der Waals surface area contributed by atoms with Gasteiger partial charge in [0.05, 0.1) is 6.21 Å². The van der Waals surface area contributed by atoms with Gasteiger partial charge in [0, 0.05) is 10.2 Å². The minimum atomic E-state index is -0.877. The van der Waals surface area contributed by atoms with Gasteiger partial charge < -0.3 is 10.4 Å². The van der Waals surface area contributed by atoms with Crippen LogP contribution in [0.2, 0.25) is 0 Å². The number of aromatic hydroxyl groups is 1. The van der Waals surface area contributed by atoms with Crippen LogP contribution in [0.3, 0.4) is 0 Å². The van der Waals surface area contributed by atoms with Crippen LogP contribution in [0.5, 0.6) is 5.75 Å². The van der Waals surface area contributed by atoms with E-state index in [0.29, 0.717) is 11.3 Å². The van der Waals surface area contributed by atoms with Crippen molar-refractivity contribution in [2.24, 2.45) is 5.10 Å². The maximum Gasteiger partial charge on any atom is 0.329 e. The van der Waals surface area contributed by atoms with Crippen LogP contribution in [0, 0.1) is 0 Å². The smallest absolute Gasteiger partial charge is 0.329 e. The fraction of sp³-hybridized carbons (Fsp3) is 0. The molecule has 7 heteroatoms. The second-order valence-electron chi connectivity index (χ2n) is 4.25.